The van der Waals surface area contributed by atoms with Gasteiger partial charge in [-0.15, -0.1) is 11.3 Å². The molecule has 18 heavy (non-hydrogen) atoms. The van der Waals surface area contributed by atoms with E-state index < -0.39 is 0 Å². The number of hydrogen-bond donors (Lipinski definition) is 2. The number of carbonyl (C=O) groups excluding carboxylic acids is 1. The molecule has 2 rings (SSSR count). The maximum absolute atomic E-state index is 11.5. The molecular weight excluding hydrogens is 244 g/mol. The molecule has 1 aromatic rings. The van der Waals surface area contributed by atoms with Crippen molar-refractivity contribution in [2.75, 3.05) is 6.54 Å². The molecule has 0 radical (unpaired) electrons. The second-order valence-electron chi connectivity index (χ2n) is 5.17. The summed E-state index contributed by atoms with van der Waals surface area (Å²) in [6, 6.07) is 2.91. The van der Waals surface area contributed by atoms with Crippen molar-refractivity contribution in [1.29, 1.82) is 0 Å². The van der Waals surface area contributed by atoms with E-state index in [0.717, 1.165) is 6.54 Å². The van der Waals surface area contributed by atoms with Gasteiger partial charge in [-0.1, -0.05) is 0 Å². The van der Waals surface area contributed by atoms with Crippen LogP contribution in [0.1, 0.15) is 49.6 Å². The summed E-state index contributed by atoms with van der Waals surface area (Å²) >= 11 is 1.86. The molecule has 0 saturated carbocycles. The fourth-order valence-electron chi connectivity index (χ4n) is 2.45. The van der Waals surface area contributed by atoms with Gasteiger partial charge in [-0.3, -0.25) is 4.79 Å². The second kappa shape index (κ2) is 6.34. The van der Waals surface area contributed by atoms with Crippen LogP contribution in [0.4, 0.5) is 0 Å². The summed E-state index contributed by atoms with van der Waals surface area (Å²) in [4.78, 5) is 13.1. The molecule has 0 fully saturated rings. The van der Waals surface area contributed by atoms with E-state index in [1.165, 1.54) is 29.7 Å². The molecular formula is C14H22N2OS. The van der Waals surface area contributed by atoms with E-state index in [0.29, 0.717) is 12.5 Å². The minimum atomic E-state index is 0.138. The van der Waals surface area contributed by atoms with E-state index in [9.17, 15) is 4.79 Å². The standard InChI is InChI=1S/C14H22N2OS/c1-10(2)16-14(17)6-8-15-12-4-3-5-13-11(12)7-9-18-13/h7,9-10,12,15H,3-6,8H2,1-2H3,(H,16,17). The summed E-state index contributed by atoms with van der Waals surface area (Å²) in [5.41, 5.74) is 1.45. The van der Waals surface area contributed by atoms with Crippen molar-refractivity contribution < 1.29 is 4.79 Å². The first-order valence-corrected chi connectivity index (χ1v) is 7.64. The highest BCUT2D eigenvalue weighted by Gasteiger charge is 2.20. The number of amides is 1. The Hall–Kier alpha value is -0.870. The first-order chi connectivity index (χ1) is 8.66. The van der Waals surface area contributed by atoms with Crippen LogP contribution in [0.5, 0.6) is 0 Å². The lowest BCUT2D eigenvalue weighted by atomic mass is 9.94. The van der Waals surface area contributed by atoms with Gasteiger partial charge in [-0.05, 0) is 50.1 Å². The Balaban J connectivity index is 1.77. The van der Waals surface area contributed by atoms with Crippen molar-refractivity contribution in [3.8, 4) is 0 Å². The first kappa shape index (κ1) is 13.6. The third-order valence-corrected chi connectivity index (χ3v) is 4.24. The summed E-state index contributed by atoms with van der Waals surface area (Å²) in [5, 5.41) is 8.61. The van der Waals surface area contributed by atoms with E-state index in [-0.39, 0.29) is 11.9 Å². The maximum Gasteiger partial charge on any atom is 0.221 e. The summed E-state index contributed by atoms with van der Waals surface area (Å²) in [7, 11) is 0. The zero-order chi connectivity index (χ0) is 13.0. The monoisotopic (exact) mass is 266 g/mol. The maximum atomic E-state index is 11.5. The van der Waals surface area contributed by atoms with Crippen LogP contribution in [0.3, 0.4) is 0 Å². The molecule has 1 atom stereocenters. The second-order valence-corrected chi connectivity index (χ2v) is 6.17. The molecule has 1 aliphatic rings. The van der Waals surface area contributed by atoms with Crippen molar-refractivity contribution in [3.05, 3.63) is 21.9 Å². The predicted molar refractivity (Wildman–Crippen MR) is 75.9 cm³/mol. The average Bonchev–Trinajstić information content (AvgIpc) is 2.76. The Kier molecular flexibility index (Phi) is 4.78. The molecule has 1 aromatic heterocycles. The van der Waals surface area contributed by atoms with E-state index >= 15 is 0 Å². The van der Waals surface area contributed by atoms with Crippen LogP contribution in [0.15, 0.2) is 11.4 Å². The molecule has 3 nitrogen and oxygen atoms in total. The largest absolute Gasteiger partial charge is 0.354 e. The summed E-state index contributed by atoms with van der Waals surface area (Å²) in [6.45, 7) is 4.74. The van der Waals surface area contributed by atoms with Crippen LogP contribution >= 0.6 is 11.3 Å². The Bertz CT molecular complexity index is 400. The smallest absolute Gasteiger partial charge is 0.221 e. The van der Waals surface area contributed by atoms with Gasteiger partial charge >= 0.3 is 0 Å². The molecule has 0 aromatic carbocycles. The van der Waals surface area contributed by atoms with E-state index in [1.54, 1.807) is 0 Å². The van der Waals surface area contributed by atoms with Crippen molar-refractivity contribution in [1.82, 2.24) is 10.6 Å². The number of thiophene rings is 1. The summed E-state index contributed by atoms with van der Waals surface area (Å²) in [5.74, 6) is 0.138. The predicted octanol–water partition coefficient (Wildman–Crippen LogP) is 2.63. The zero-order valence-electron chi connectivity index (χ0n) is 11.2. The molecule has 2 N–H and O–H groups in total. The molecule has 0 saturated heterocycles. The lowest BCUT2D eigenvalue weighted by Crippen LogP contribution is -2.33. The number of hydrogen-bond acceptors (Lipinski definition) is 3. The van der Waals surface area contributed by atoms with Gasteiger partial charge in [0.15, 0.2) is 0 Å². The minimum absolute atomic E-state index is 0.138. The molecule has 4 heteroatoms. The van der Waals surface area contributed by atoms with Gasteiger partial charge in [0.05, 0.1) is 0 Å². The van der Waals surface area contributed by atoms with E-state index in [4.69, 9.17) is 0 Å². The molecule has 1 amide bonds. The van der Waals surface area contributed by atoms with Crippen LogP contribution < -0.4 is 10.6 Å². The summed E-state index contributed by atoms with van der Waals surface area (Å²) in [6.07, 6.45) is 4.23. The number of rotatable bonds is 5. The average molecular weight is 266 g/mol. The van der Waals surface area contributed by atoms with Crippen molar-refractivity contribution in [2.45, 2.75) is 51.6 Å². The third-order valence-electron chi connectivity index (χ3n) is 3.24. The topological polar surface area (TPSA) is 41.1 Å². The first-order valence-electron chi connectivity index (χ1n) is 6.76. The van der Waals surface area contributed by atoms with E-state index in [2.05, 4.69) is 22.1 Å². The van der Waals surface area contributed by atoms with Crippen molar-refractivity contribution in [2.24, 2.45) is 0 Å². The highest BCUT2D eigenvalue weighted by molar-refractivity contribution is 7.10. The molecule has 1 unspecified atom stereocenters. The van der Waals surface area contributed by atoms with Gasteiger partial charge in [0.25, 0.3) is 0 Å². The van der Waals surface area contributed by atoms with Gasteiger partial charge < -0.3 is 10.6 Å². The SMILES string of the molecule is CC(C)NC(=O)CCNC1CCCc2sccc21. The number of aryl methyl sites for hydroxylation is 1. The van der Waals surface area contributed by atoms with Crippen LogP contribution in [0.2, 0.25) is 0 Å². The van der Waals surface area contributed by atoms with Crippen molar-refractivity contribution in [3.63, 3.8) is 0 Å². The normalized spacial score (nSPS) is 18.7. The van der Waals surface area contributed by atoms with Crippen LogP contribution in [-0.4, -0.2) is 18.5 Å². The Morgan fingerprint density at radius 1 is 1.56 bits per heavy atom. The zero-order valence-corrected chi connectivity index (χ0v) is 12.0. The van der Waals surface area contributed by atoms with Crippen molar-refractivity contribution >= 4 is 17.2 Å². The van der Waals surface area contributed by atoms with Crippen LogP contribution in [0, 0.1) is 0 Å². The molecule has 100 valence electrons. The molecule has 0 aliphatic heterocycles. The lowest BCUT2D eigenvalue weighted by Gasteiger charge is -2.23. The number of nitrogens with one attached hydrogen (secondary N) is 2. The highest BCUT2D eigenvalue weighted by atomic mass is 32.1. The molecule has 1 aliphatic carbocycles. The fraction of sp³-hybridized carbons (Fsp3) is 0.643. The molecule has 0 bridgehead atoms. The number of carbonyl (C=O) groups is 1. The minimum Gasteiger partial charge on any atom is -0.354 e. The number of fused-ring (bicyclic) bond motifs is 1. The van der Waals surface area contributed by atoms with Gasteiger partial charge in [-0.25, -0.2) is 0 Å². The Labute approximate surface area is 113 Å². The summed E-state index contributed by atoms with van der Waals surface area (Å²) < 4.78 is 0. The quantitative estimate of drug-likeness (QED) is 0.860. The Morgan fingerprint density at radius 3 is 3.17 bits per heavy atom. The van der Waals surface area contributed by atoms with Crippen LogP contribution in [-0.2, 0) is 11.2 Å². The fourth-order valence-corrected chi connectivity index (χ4v) is 3.44. The van der Waals surface area contributed by atoms with Crippen LogP contribution in [0.25, 0.3) is 0 Å². The van der Waals surface area contributed by atoms with Gasteiger partial charge in [-0.2, -0.15) is 0 Å². The lowest BCUT2D eigenvalue weighted by molar-refractivity contribution is -0.121. The highest BCUT2D eigenvalue weighted by Crippen LogP contribution is 2.33. The van der Waals surface area contributed by atoms with Gasteiger partial charge in [0.1, 0.15) is 0 Å². The van der Waals surface area contributed by atoms with E-state index in [1.807, 2.05) is 25.2 Å². The Morgan fingerprint density at radius 2 is 2.39 bits per heavy atom. The third kappa shape index (κ3) is 3.56. The van der Waals surface area contributed by atoms with Gasteiger partial charge in [0, 0.05) is 29.9 Å². The van der Waals surface area contributed by atoms with Gasteiger partial charge in [0.2, 0.25) is 5.91 Å². The molecule has 1 heterocycles. The molecule has 0 spiro atoms.